The first-order chi connectivity index (χ1) is 14.5. The second-order valence-electron chi connectivity index (χ2n) is 6.05. The number of carbonyl (C=O) groups is 1. The van der Waals surface area contributed by atoms with E-state index in [0.717, 1.165) is 10.6 Å². The van der Waals surface area contributed by atoms with Crippen LogP contribution in [0.5, 0.6) is 17.2 Å². The highest BCUT2D eigenvalue weighted by Gasteiger charge is 2.12. The summed E-state index contributed by atoms with van der Waals surface area (Å²) in [5.74, 6) is 1.01. The van der Waals surface area contributed by atoms with Crippen LogP contribution < -0.4 is 14.2 Å². The number of esters is 1. The van der Waals surface area contributed by atoms with Crippen LogP contribution in [0.4, 0.5) is 0 Å². The third kappa shape index (κ3) is 5.31. The summed E-state index contributed by atoms with van der Waals surface area (Å²) in [6.45, 7) is 0.0858. The van der Waals surface area contributed by atoms with Gasteiger partial charge in [-0.15, -0.1) is 11.3 Å². The Morgan fingerprint density at radius 3 is 2.33 bits per heavy atom. The molecule has 3 aromatic rings. The van der Waals surface area contributed by atoms with Gasteiger partial charge in [-0.1, -0.05) is 23.7 Å². The third-order valence-corrected chi connectivity index (χ3v) is 5.30. The first-order valence-corrected chi connectivity index (χ1v) is 10.1. The topological polar surface area (TPSA) is 66.9 Å². The van der Waals surface area contributed by atoms with Crippen LogP contribution in [-0.4, -0.2) is 32.3 Å². The molecule has 0 saturated carbocycles. The lowest BCUT2D eigenvalue weighted by Gasteiger charge is -2.12. The molecule has 0 aliphatic rings. The zero-order valence-corrected chi connectivity index (χ0v) is 18.3. The Balaban J connectivity index is 1.62. The molecule has 1 aromatic heterocycles. The van der Waals surface area contributed by atoms with Gasteiger partial charge in [-0.3, -0.25) is 0 Å². The number of aromatic nitrogens is 1. The standard InChI is InChI=1S/C22H20ClNO5S/c1-26-18-10-14(11-19(27-2)21(18)28-3)4-9-20(25)29-12-17-13-30-22(24-17)15-5-7-16(23)8-6-15/h4-11,13H,12H2,1-3H3/b9-4+. The summed E-state index contributed by atoms with van der Waals surface area (Å²) in [5.41, 5.74) is 2.35. The number of hydrogen-bond donors (Lipinski definition) is 0. The summed E-state index contributed by atoms with van der Waals surface area (Å²) in [4.78, 5) is 16.6. The largest absolute Gasteiger partial charge is 0.493 e. The van der Waals surface area contributed by atoms with Crippen molar-refractivity contribution in [1.29, 1.82) is 0 Å². The number of methoxy groups -OCH3 is 3. The first-order valence-electron chi connectivity index (χ1n) is 8.89. The highest BCUT2D eigenvalue weighted by molar-refractivity contribution is 7.13. The number of carbonyl (C=O) groups excluding carboxylic acids is 1. The predicted molar refractivity (Wildman–Crippen MR) is 117 cm³/mol. The van der Waals surface area contributed by atoms with Crippen molar-refractivity contribution in [2.45, 2.75) is 6.61 Å². The zero-order valence-electron chi connectivity index (χ0n) is 16.7. The van der Waals surface area contributed by atoms with Gasteiger partial charge in [-0.2, -0.15) is 0 Å². The number of rotatable bonds is 8. The van der Waals surface area contributed by atoms with E-state index < -0.39 is 5.97 Å². The minimum Gasteiger partial charge on any atom is -0.493 e. The van der Waals surface area contributed by atoms with Crippen molar-refractivity contribution in [3.8, 4) is 27.8 Å². The van der Waals surface area contributed by atoms with E-state index in [2.05, 4.69) is 4.98 Å². The smallest absolute Gasteiger partial charge is 0.331 e. The van der Waals surface area contributed by atoms with Gasteiger partial charge < -0.3 is 18.9 Å². The predicted octanol–water partition coefficient (Wildman–Crippen LogP) is 5.25. The van der Waals surface area contributed by atoms with Crippen LogP contribution in [0.3, 0.4) is 0 Å². The fourth-order valence-corrected chi connectivity index (χ4v) is 3.59. The molecule has 0 atom stereocenters. The second kappa shape index (κ2) is 10.1. The minimum atomic E-state index is -0.482. The van der Waals surface area contributed by atoms with E-state index in [1.807, 2.05) is 29.6 Å². The van der Waals surface area contributed by atoms with Crippen LogP contribution in [0.2, 0.25) is 5.02 Å². The van der Waals surface area contributed by atoms with E-state index in [1.165, 1.54) is 38.7 Å². The summed E-state index contributed by atoms with van der Waals surface area (Å²) in [6.07, 6.45) is 2.96. The van der Waals surface area contributed by atoms with Crippen LogP contribution in [0.1, 0.15) is 11.3 Å². The van der Waals surface area contributed by atoms with Crippen molar-refractivity contribution < 1.29 is 23.7 Å². The van der Waals surface area contributed by atoms with E-state index in [1.54, 1.807) is 18.2 Å². The van der Waals surface area contributed by atoms with Crippen molar-refractivity contribution in [2.24, 2.45) is 0 Å². The van der Waals surface area contributed by atoms with Gasteiger partial charge in [0.25, 0.3) is 0 Å². The average Bonchev–Trinajstić information content (AvgIpc) is 3.24. The van der Waals surface area contributed by atoms with Gasteiger partial charge in [0.05, 0.1) is 27.0 Å². The van der Waals surface area contributed by atoms with Crippen molar-refractivity contribution in [3.63, 3.8) is 0 Å². The Morgan fingerprint density at radius 1 is 1.07 bits per heavy atom. The number of nitrogens with zero attached hydrogens (tertiary/aromatic N) is 1. The summed E-state index contributed by atoms with van der Waals surface area (Å²) in [7, 11) is 4.60. The van der Waals surface area contributed by atoms with Gasteiger partial charge in [0.15, 0.2) is 11.5 Å². The Bertz CT molecular complexity index is 1020. The zero-order chi connectivity index (χ0) is 21.5. The monoisotopic (exact) mass is 445 g/mol. The summed E-state index contributed by atoms with van der Waals surface area (Å²) in [6, 6.07) is 10.9. The number of hydrogen-bond acceptors (Lipinski definition) is 7. The molecule has 8 heteroatoms. The van der Waals surface area contributed by atoms with Crippen LogP contribution >= 0.6 is 22.9 Å². The third-order valence-electron chi connectivity index (χ3n) is 4.10. The summed E-state index contributed by atoms with van der Waals surface area (Å²) >= 11 is 7.39. The molecule has 0 saturated heterocycles. The van der Waals surface area contributed by atoms with E-state index in [0.29, 0.717) is 33.5 Å². The van der Waals surface area contributed by atoms with Crippen LogP contribution in [0.25, 0.3) is 16.6 Å². The maximum absolute atomic E-state index is 12.1. The molecule has 2 aromatic carbocycles. The molecule has 0 radical (unpaired) electrons. The molecule has 0 amide bonds. The highest BCUT2D eigenvalue weighted by Crippen LogP contribution is 2.38. The molecule has 0 aliphatic heterocycles. The first kappa shape index (κ1) is 21.7. The maximum atomic E-state index is 12.1. The highest BCUT2D eigenvalue weighted by atomic mass is 35.5. The van der Waals surface area contributed by atoms with Crippen molar-refractivity contribution >= 4 is 35.0 Å². The molecular formula is C22H20ClNO5S. The van der Waals surface area contributed by atoms with Crippen molar-refractivity contribution in [2.75, 3.05) is 21.3 Å². The van der Waals surface area contributed by atoms with E-state index in [-0.39, 0.29) is 6.61 Å². The van der Waals surface area contributed by atoms with E-state index in [9.17, 15) is 4.79 Å². The van der Waals surface area contributed by atoms with Crippen molar-refractivity contribution in [3.05, 3.63) is 64.1 Å². The van der Waals surface area contributed by atoms with Crippen molar-refractivity contribution in [1.82, 2.24) is 4.98 Å². The molecule has 0 fully saturated rings. The Kier molecular flexibility index (Phi) is 7.32. The van der Waals surface area contributed by atoms with Gasteiger partial charge >= 0.3 is 5.97 Å². The number of thiazole rings is 1. The minimum absolute atomic E-state index is 0.0858. The lowest BCUT2D eigenvalue weighted by molar-refractivity contribution is -0.139. The molecule has 0 aliphatic carbocycles. The molecule has 0 spiro atoms. The van der Waals surface area contributed by atoms with Gasteiger partial charge in [0.1, 0.15) is 11.6 Å². The van der Waals surface area contributed by atoms with E-state index in [4.69, 9.17) is 30.5 Å². The summed E-state index contributed by atoms with van der Waals surface area (Å²) in [5, 5.41) is 3.37. The number of ether oxygens (including phenoxy) is 4. The lowest BCUT2D eigenvalue weighted by Crippen LogP contribution is -2.01. The fraction of sp³-hybridized carbons (Fsp3) is 0.182. The normalized spacial score (nSPS) is 10.8. The Morgan fingerprint density at radius 2 is 1.73 bits per heavy atom. The molecule has 1 heterocycles. The average molecular weight is 446 g/mol. The van der Waals surface area contributed by atoms with Crippen LogP contribution in [0, 0.1) is 0 Å². The molecule has 156 valence electrons. The van der Waals surface area contributed by atoms with Crippen LogP contribution in [0.15, 0.2) is 47.9 Å². The van der Waals surface area contributed by atoms with Gasteiger partial charge in [-0.25, -0.2) is 9.78 Å². The molecular weight excluding hydrogens is 426 g/mol. The molecule has 6 nitrogen and oxygen atoms in total. The molecule has 3 rings (SSSR count). The molecule has 0 bridgehead atoms. The molecule has 0 N–H and O–H groups in total. The SMILES string of the molecule is COc1cc(/C=C/C(=O)OCc2csc(-c3ccc(Cl)cc3)n2)cc(OC)c1OC. The van der Waals surface area contributed by atoms with Gasteiger partial charge in [0.2, 0.25) is 5.75 Å². The molecule has 30 heavy (non-hydrogen) atoms. The quantitative estimate of drug-likeness (QED) is 0.348. The van der Waals surface area contributed by atoms with Gasteiger partial charge in [-0.05, 0) is 35.9 Å². The van der Waals surface area contributed by atoms with Gasteiger partial charge in [0, 0.05) is 22.0 Å². The Labute approximate surface area is 183 Å². The van der Waals surface area contributed by atoms with E-state index >= 15 is 0 Å². The number of halogens is 1. The molecule has 0 unspecified atom stereocenters. The lowest BCUT2D eigenvalue weighted by atomic mass is 10.1. The fourth-order valence-electron chi connectivity index (χ4n) is 2.65. The Hall–Kier alpha value is -3.03. The second-order valence-corrected chi connectivity index (χ2v) is 7.35. The summed E-state index contributed by atoms with van der Waals surface area (Å²) < 4.78 is 21.2. The van der Waals surface area contributed by atoms with Crippen LogP contribution in [-0.2, 0) is 16.1 Å². The maximum Gasteiger partial charge on any atom is 0.331 e. The number of benzene rings is 2.